The predicted octanol–water partition coefficient (Wildman–Crippen LogP) is 2.89. The van der Waals surface area contributed by atoms with Gasteiger partial charge >= 0.3 is 0 Å². The number of anilines is 1. The summed E-state index contributed by atoms with van der Waals surface area (Å²) in [7, 11) is 0. The molecule has 0 aliphatic carbocycles. The Hall–Kier alpha value is -0.610. The SMILES string of the molecule is Cc1nc(N2CCCCC2CCO)ccc1Br. The zero-order valence-corrected chi connectivity index (χ0v) is 11.8. The van der Waals surface area contributed by atoms with Crippen LogP contribution in [-0.4, -0.2) is 29.3 Å². The van der Waals surface area contributed by atoms with Crippen molar-refractivity contribution in [2.75, 3.05) is 18.1 Å². The van der Waals surface area contributed by atoms with Gasteiger partial charge in [0, 0.05) is 23.7 Å². The number of rotatable bonds is 3. The molecule has 1 aliphatic heterocycles. The minimum absolute atomic E-state index is 0.261. The molecule has 0 spiro atoms. The van der Waals surface area contributed by atoms with Crippen LogP contribution in [0.15, 0.2) is 16.6 Å². The van der Waals surface area contributed by atoms with Crippen molar-refractivity contribution < 1.29 is 5.11 Å². The van der Waals surface area contributed by atoms with Gasteiger partial charge in [0.2, 0.25) is 0 Å². The van der Waals surface area contributed by atoms with Crippen LogP contribution in [0.5, 0.6) is 0 Å². The fraction of sp³-hybridized carbons (Fsp3) is 0.615. The number of halogens is 1. The van der Waals surface area contributed by atoms with E-state index in [0.717, 1.165) is 35.4 Å². The summed E-state index contributed by atoms with van der Waals surface area (Å²) in [4.78, 5) is 6.97. The van der Waals surface area contributed by atoms with E-state index in [1.165, 1.54) is 12.8 Å². The molecule has 17 heavy (non-hydrogen) atoms. The minimum atomic E-state index is 0.261. The van der Waals surface area contributed by atoms with E-state index in [0.29, 0.717) is 6.04 Å². The molecule has 3 nitrogen and oxygen atoms in total. The summed E-state index contributed by atoms with van der Waals surface area (Å²) in [5, 5.41) is 9.13. The van der Waals surface area contributed by atoms with Gasteiger partial charge in [0.15, 0.2) is 0 Å². The summed E-state index contributed by atoms with van der Waals surface area (Å²) in [5.74, 6) is 1.05. The predicted molar refractivity (Wildman–Crippen MR) is 73.4 cm³/mol. The first-order valence-corrected chi connectivity index (χ1v) is 7.02. The Balaban J connectivity index is 2.20. The molecule has 1 N–H and O–H groups in total. The van der Waals surface area contributed by atoms with Gasteiger partial charge in [0.25, 0.3) is 0 Å². The van der Waals surface area contributed by atoms with Crippen LogP contribution in [0.4, 0.5) is 5.82 Å². The third kappa shape index (κ3) is 2.99. The lowest BCUT2D eigenvalue weighted by Gasteiger charge is -2.36. The van der Waals surface area contributed by atoms with Crippen LogP contribution in [0.1, 0.15) is 31.4 Å². The molecule has 4 heteroatoms. The van der Waals surface area contributed by atoms with E-state index in [1.807, 2.05) is 6.92 Å². The van der Waals surface area contributed by atoms with Gasteiger partial charge in [-0.25, -0.2) is 4.98 Å². The van der Waals surface area contributed by atoms with Crippen molar-refractivity contribution in [2.45, 2.75) is 38.6 Å². The average Bonchev–Trinajstić information content (AvgIpc) is 2.34. The highest BCUT2D eigenvalue weighted by molar-refractivity contribution is 9.10. The number of aromatic nitrogens is 1. The maximum Gasteiger partial charge on any atom is 0.129 e. The zero-order valence-electron chi connectivity index (χ0n) is 10.2. The lowest BCUT2D eigenvalue weighted by Crippen LogP contribution is -2.40. The first-order valence-electron chi connectivity index (χ1n) is 6.23. The lowest BCUT2D eigenvalue weighted by molar-refractivity contribution is 0.262. The van der Waals surface area contributed by atoms with Crippen LogP contribution in [0.2, 0.25) is 0 Å². The summed E-state index contributed by atoms with van der Waals surface area (Å²) < 4.78 is 1.05. The molecule has 94 valence electrons. The van der Waals surface area contributed by atoms with Crippen LogP contribution < -0.4 is 4.90 Å². The minimum Gasteiger partial charge on any atom is -0.396 e. The molecule has 0 radical (unpaired) electrons. The quantitative estimate of drug-likeness (QED) is 0.932. The molecule has 2 rings (SSSR count). The number of pyridine rings is 1. The molecule has 0 bridgehead atoms. The normalized spacial score (nSPS) is 20.6. The molecular formula is C13H19BrN2O. The third-order valence-electron chi connectivity index (χ3n) is 3.39. The van der Waals surface area contributed by atoms with E-state index in [9.17, 15) is 0 Å². The molecule has 1 fully saturated rings. The summed E-state index contributed by atoms with van der Waals surface area (Å²) >= 11 is 3.48. The molecule has 1 saturated heterocycles. The molecule has 1 aliphatic rings. The van der Waals surface area contributed by atoms with Gasteiger partial charge in [0.05, 0.1) is 5.69 Å². The van der Waals surface area contributed by atoms with E-state index in [1.54, 1.807) is 0 Å². The first kappa shape index (κ1) is 12.8. The standard InChI is InChI=1S/C13H19BrN2O/c1-10-12(14)5-6-13(15-10)16-8-3-2-4-11(16)7-9-17/h5-6,11,17H,2-4,7-9H2,1H3. The Kier molecular flexibility index (Phi) is 4.40. The third-order valence-corrected chi connectivity index (χ3v) is 4.23. The molecule has 1 aromatic heterocycles. The van der Waals surface area contributed by atoms with Crippen molar-refractivity contribution >= 4 is 21.7 Å². The number of hydrogen-bond donors (Lipinski definition) is 1. The van der Waals surface area contributed by atoms with Crippen molar-refractivity contribution in [3.8, 4) is 0 Å². The zero-order chi connectivity index (χ0) is 12.3. The second-order valence-electron chi connectivity index (χ2n) is 4.59. The van der Waals surface area contributed by atoms with E-state index in [-0.39, 0.29) is 6.61 Å². The summed E-state index contributed by atoms with van der Waals surface area (Å²) in [5.41, 5.74) is 1.02. The monoisotopic (exact) mass is 298 g/mol. The summed E-state index contributed by atoms with van der Waals surface area (Å²) in [6, 6.07) is 4.57. The largest absolute Gasteiger partial charge is 0.396 e. The topological polar surface area (TPSA) is 36.4 Å². The number of hydrogen-bond acceptors (Lipinski definition) is 3. The first-order chi connectivity index (χ1) is 8.22. The fourth-order valence-electron chi connectivity index (χ4n) is 2.44. The molecular weight excluding hydrogens is 280 g/mol. The highest BCUT2D eigenvalue weighted by atomic mass is 79.9. The molecule has 1 unspecified atom stereocenters. The van der Waals surface area contributed by atoms with Crippen LogP contribution in [0.3, 0.4) is 0 Å². The van der Waals surface area contributed by atoms with Crippen LogP contribution in [0, 0.1) is 6.92 Å². The molecule has 0 aromatic carbocycles. The van der Waals surface area contributed by atoms with E-state index >= 15 is 0 Å². The summed E-state index contributed by atoms with van der Waals surface area (Å²) in [6.45, 7) is 3.33. The van der Waals surface area contributed by atoms with Gasteiger partial charge in [0.1, 0.15) is 5.82 Å². The van der Waals surface area contributed by atoms with E-state index in [2.05, 4.69) is 37.9 Å². The molecule has 0 amide bonds. The Morgan fingerprint density at radius 3 is 3.00 bits per heavy atom. The van der Waals surface area contributed by atoms with Crippen molar-refractivity contribution in [1.29, 1.82) is 0 Å². The van der Waals surface area contributed by atoms with Gasteiger partial charge in [-0.05, 0) is 60.7 Å². The van der Waals surface area contributed by atoms with Gasteiger partial charge in [-0.2, -0.15) is 0 Å². The van der Waals surface area contributed by atoms with Gasteiger partial charge in [-0.15, -0.1) is 0 Å². The van der Waals surface area contributed by atoms with Crippen molar-refractivity contribution in [3.63, 3.8) is 0 Å². The smallest absolute Gasteiger partial charge is 0.129 e. The highest BCUT2D eigenvalue weighted by Gasteiger charge is 2.23. The van der Waals surface area contributed by atoms with Crippen LogP contribution in [0.25, 0.3) is 0 Å². The fourth-order valence-corrected chi connectivity index (χ4v) is 2.66. The van der Waals surface area contributed by atoms with Crippen LogP contribution >= 0.6 is 15.9 Å². The van der Waals surface area contributed by atoms with E-state index < -0.39 is 0 Å². The van der Waals surface area contributed by atoms with Gasteiger partial charge < -0.3 is 10.0 Å². The van der Waals surface area contributed by atoms with Gasteiger partial charge in [-0.3, -0.25) is 0 Å². The van der Waals surface area contributed by atoms with Crippen LogP contribution in [-0.2, 0) is 0 Å². The Morgan fingerprint density at radius 2 is 2.29 bits per heavy atom. The maximum atomic E-state index is 9.13. The van der Waals surface area contributed by atoms with Gasteiger partial charge in [-0.1, -0.05) is 0 Å². The Labute approximate surface area is 111 Å². The number of aliphatic hydroxyl groups is 1. The maximum absolute atomic E-state index is 9.13. The number of nitrogens with zero attached hydrogens (tertiary/aromatic N) is 2. The average molecular weight is 299 g/mol. The van der Waals surface area contributed by atoms with E-state index in [4.69, 9.17) is 5.11 Å². The number of aryl methyl sites for hydroxylation is 1. The molecule has 2 heterocycles. The Bertz CT molecular complexity index is 382. The second kappa shape index (κ2) is 5.83. The second-order valence-corrected chi connectivity index (χ2v) is 5.45. The summed E-state index contributed by atoms with van der Waals surface area (Å²) in [6.07, 6.45) is 4.49. The highest BCUT2D eigenvalue weighted by Crippen LogP contribution is 2.26. The lowest BCUT2D eigenvalue weighted by atomic mass is 9.99. The molecule has 1 atom stereocenters. The molecule has 1 aromatic rings. The van der Waals surface area contributed by atoms with Crippen molar-refractivity contribution in [1.82, 2.24) is 4.98 Å². The Morgan fingerprint density at radius 1 is 1.47 bits per heavy atom. The van der Waals surface area contributed by atoms with Crippen molar-refractivity contribution in [3.05, 3.63) is 22.3 Å². The number of aliphatic hydroxyl groups excluding tert-OH is 1. The molecule has 0 saturated carbocycles. The van der Waals surface area contributed by atoms with Crippen molar-refractivity contribution in [2.24, 2.45) is 0 Å². The number of piperidine rings is 1.